The molecule has 0 spiro atoms. The SMILES string of the molecule is CC(=O)C1=C(O)[C@H](N)[C@@H]2Cc3c(c(O)c4c(O)c(C)ccc4c3C)C(=O)[C@]2(O)C1=O. The maximum absolute atomic E-state index is 13.4. The number of aryl methyl sites for hydroxylation is 2. The number of aliphatic hydroxyl groups is 2. The molecule has 0 amide bonds. The highest BCUT2D eigenvalue weighted by molar-refractivity contribution is 6.33. The molecular formula is C22H21NO7. The van der Waals surface area contributed by atoms with Gasteiger partial charge in [-0.2, -0.15) is 0 Å². The van der Waals surface area contributed by atoms with Gasteiger partial charge in [-0.1, -0.05) is 12.1 Å². The summed E-state index contributed by atoms with van der Waals surface area (Å²) in [6, 6.07) is 2.04. The number of aliphatic hydroxyl groups excluding tert-OH is 1. The third kappa shape index (κ3) is 2.20. The van der Waals surface area contributed by atoms with Crippen LogP contribution in [0.15, 0.2) is 23.5 Å². The van der Waals surface area contributed by atoms with Gasteiger partial charge in [0.1, 0.15) is 22.8 Å². The Kier molecular flexibility index (Phi) is 4.10. The van der Waals surface area contributed by atoms with Gasteiger partial charge in [0.2, 0.25) is 11.6 Å². The van der Waals surface area contributed by atoms with Crippen molar-refractivity contribution in [3.05, 3.63) is 45.7 Å². The fourth-order valence-corrected chi connectivity index (χ4v) is 4.75. The Morgan fingerprint density at radius 3 is 2.33 bits per heavy atom. The van der Waals surface area contributed by atoms with Gasteiger partial charge < -0.3 is 26.2 Å². The first-order valence-electron chi connectivity index (χ1n) is 9.42. The van der Waals surface area contributed by atoms with E-state index in [2.05, 4.69) is 0 Å². The number of phenolic OH excluding ortho intramolecular Hbond substituents is 2. The molecule has 0 aromatic heterocycles. The highest BCUT2D eigenvalue weighted by Crippen LogP contribution is 2.49. The van der Waals surface area contributed by atoms with Crippen molar-refractivity contribution in [1.29, 1.82) is 0 Å². The van der Waals surface area contributed by atoms with E-state index in [1.54, 1.807) is 26.0 Å². The van der Waals surface area contributed by atoms with Gasteiger partial charge in [-0.3, -0.25) is 14.4 Å². The first kappa shape index (κ1) is 20.1. The van der Waals surface area contributed by atoms with E-state index in [0.717, 1.165) is 6.92 Å². The first-order valence-corrected chi connectivity index (χ1v) is 9.42. The molecule has 0 radical (unpaired) electrons. The zero-order valence-electron chi connectivity index (χ0n) is 16.6. The first-order chi connectivity index (χ1) is 13.9. The monoisotopic (exact) mass is 411 g/mol. The third-order valence-electron chi connectivity index (χ3n) is 6.48. The number of carbonyl (C=O) groups excluding carboxylic acids is 3. The predicted molar refractivity (Wildman–Crippen MR) is 107 cm³/mol. The highest BCUT2D eigenvalue weighted by atomic mass is 16.3. The largest absolute Gasteiger partial charge is 0.510 e. The third-order valence-corrected chi connectivity index (χ3v) is 6.48. The maximum Gasteiger partial charge on any atom is 0.209 e. The lowest BCUT2D eigenvalue weighted by atomic mass is 9.61. The Morgan fingerprint density at radius 1 is 1.10 bits per heavy atom. The van der Waals surface area contributed by atoms with Crippen molar-refractivity contribution in [2.75, 3.05) is 0 Å². The number of Topliss-reactive ketones (excluding diaryl/α,β-unsaturated/α-hetero) is 3. The lowest BCUT2D eigenvalue weighted by Gasteiger charge is -2.44. The Balaban J connectivity index is 2.07. The van der Waals surface area contributed by atoms with Crippen LogP contribution < -0.4 is 5.73 Å². The summed E-state index contributed by atoms with van der Waals surface area (Å²) in [4.78, 5) is 38.3. The Bertz CT molecular complexity index is 1230. The van der Waals surface area contributed by atoms with Gasteiger partial charge in [-0.05, 0) is 49.3 Å². The molecule has 0 fully saturated rings. The van der Waals surface area contributed by atoms with Gasteiger partial charge in [-0.25, -0.2) is 0 Å². The van der Waals surface area contributed by atoms with Crippen LogP contribution in [0.3, 0.4) is 0 Å². The van der Waals surface area contributed by atoms with Crippen LogP contribution in [0.4, 0.5) is 0 Å². The van der Waals surface area contributed by atoms with Crippen LogP contribution in [0.2, 0.25) is 0 Å². The fourth-order valence-electron chi connectivity index (χ4n) is 4.75. The van der Waals surface area contributed by atoms with E-state index in [-0.39, 0.29) is 23.1 Å². The molecule has 6 N–H and O–H groups in total. The Morgan fingerprint density at radius 2 is 1.73 bits per heavy atom. The lowest BCUT2D eigenvalue weighted by molar-refractivity contribution is -0.138. The fraction of sp³-hybridized carbons (Fsp3) is 0.318. The molecule has 2 aliphatic rings. The molecule has 8 heteroatoms. The number of nitrogens with two attached hydrogens (primary N) is 1. The molecule has 30 heavy (non-hydrogen) atoms. The molecule has 4 rings (SSSR count). The van der Waals surface area contributed by atoms with Gasteiger partial charge >= 0.3 is 0 Å². The summed E-state index contributed by atoms with van der Waals surface area (Å²) in [5.74, 6) is -5.81. The molecule has 156 valence electrons. The van der Waals surface area contributed by atoms with Crippen LogP contribution in [-0.2, 0) is 16.0 Å². The van der Waals surface area contributed by atoms with E-state index in [1.807, 2.05) is 0 Å². The second kappa shape index (κ2) is 6.13. The minimum atomic E-state index is -2.71. The molecule has 3 atom stereocenters. The maximum atomic E-state index is 13.4. The smallest absolute Gasteiger partial charge is 0.209 e. The minimum Gasteiger partial charge on any atom is -0.510 e. The van der Waals surface area contributed by atoms with Crippen molar-refractivity contribution in [3.63, 3.8) is 0 Å². The predicted octanol–water partition coefficient (Wildman–Crippen LogP) is 1.27. The molecule has 0 bridgehead atoms. The lowest BCUT2D eigenvalue weighted by Crippen LogP contribution is -2.65. The molecule has 2 aromatic rings. The van der Waals surface area contributed by atoms with Crippen LogP contribution in [-0.4, -0.2) is 49.4 Å². The van der Waals surface area contributed by atoms with Crippen LogP contribution in [0.5, 0.6) is 11.5 Å². The summed E-state index contributed by atoms with van der Waals surface area (Å²) in [6.45, 7) is 4.35. The van der Waals surface area contributed by atoms with Crippen molar-refractivity contribution >= 4 is 28.1 Å². The average Bonchev–Trinajstić information content (AvgIpc) is 2.68. The second-order valence-electron chi connectivity index (χ2n) is 8.06. The van der Waals surface area contributed by atoms with Crippen LogP contribution in [0.25, 0.3) is 10.8 Å². The Hall–Kier alpha value is -3.23. The zero-order chi connectivity index (χ0) is 22.3. The van der Waals surface area contributed by atoms with Gasteiger partial charge in [0, 0.05) is 5.92 Å². The summed E-state index contributed by atoms with van der Waals surface area (Å²) in [5.41, 5.74) is 3.74. The minimum absolute atomic E-state index is 0.0411. The number of benzene rings is 2. The van der Waals surface area contributed by atoms with E-state index in [4.69, 9.17) is 5.73 Å². The van der Waals surface area contributed by atoms with E-state index in [9.17, 15) is 34.8 Å². The topological polar surface area (TPSA) is 158 Å². The second-order valence-corrected chi connectivity index (χ2v) is 8.06. The van der Waals surface area contributed by atoms with Gasteiger partial charge in [-0.15, -0.1) is 0 Å². The van der Waals surface area contributed by atoms with Gasteiger partial charge in [0.25, 0.3) is 0 Å². The standard InChI is InChI=1S/C22H21NO7/c1-7-4-5-10-8(2)11-6-12-16(23)19(27)13(9(3)24)20(28)22(12,30)21(29)15(11)18(26)14(10)17(7)25/h4-5,12,16,25-27,30H,6,23H2,1-3H3/t12-,16+,22+/m0/s1. The van der Waals surface area contributed by atoms with Crippen LogP contribution in [0, 0.1) is 19.8 Å². The molecule has 0 unspecified atom stereocenters. The molecule has 0 aliphatic heterocycles. The number of ketones is 3. The van der Waals surface area contributed by atoms with Gasteiger partial charge in [0.15, 0.2) is 11.4 Å². The Labute approximate surface area is 171 Å². The van der Waals surface area contributed by atoms with Crippen LogP contribution >= 0.6 is 0 Å². The van der Waals surface area contributed by atoms with Crippen molar-refractivity contribution in [3.8, 4) is 11.5 Å². The summed E-state index contributed by atoms with van der Waals surface area (Å²) < 4.78 is 0. The van der Waals surface area contributed by atoms with E-state index >= 15 is 0 Å². The van der Waals surface area contributed by atoms with Gasteiger partial charge in [0.05, 0.1) is 17.0 Å². The number of rotatable bonds is 1. The van der Waals surface area contributed by atoms with Crippen molar-refractivity contribution in [2.24, 2.45) is 11.7 Å². The number of fused-ring (bicyclic) bond motifs is 3. The van der Waals surface area contributed by atoms with E-state index in [0.29, 0.717) is 22.1 Å². The molecule has 0 heterocycles. The quantitative estimate of drug-likeness (QED) is 0.347. The van der Waals surface area contributed by atoms with Crippen molar-refractivity contribution < 1.29 is 34.8 Å². The number of aromatic hydroxyl groups is 2. The number of phenols is 2. The molecule has 2 aliphatic carbocycles. The molecule has 2 aromatic carbocycles. The summed E-state index contributed by atoms with van der Waals surface area (Å²) in [5, 5.41) is 43.5. The highest BCUT2D eigenvalue weighted by Gasteiger charge is 2.62. The normalized spacial score (nSPS) is 26.0. The summed E-state index contributed by atoms with van der Waals surface area (Å²) >= 11 is 0. The van der Waals surface area contributed by atoms with Crippen molar-refractivity contribution in [1.82, 2.24) is 0 Å². The summed E-state index contributed by atoms with van der Waals surface area (Å²) in [7, 11) is 0. The zero-order valence-corrected chi connectivity index (χ0v) is 16.6. The molecule has 8 nitrogen and oxygen atoms in total. The van der Waals surface area contributed by atoms with Crippen LogP contribution in [0.1, 0.15) is 34.0 Å². The molecule has 0 saturated heterocycles. The average molecular weight is 411 g/mol. The van der Waals surface area contributed by atoms with E-state index in [1.165, 1.54) is 0 Å². The molecular weight excluding hydrogens is 390 g/mol. The van der Waals surface area contributed by atoms with Crippen molar-refractivity contribution in [2.45, 2.75) is 38.8 Å². The number of carbonyl (C=O) groups is 3. The summed E-state index contributed by atoms with van der Waals surface area (Å²) in [6.07, 6.45) is -0.0936. The molecule has 0 saturated carbocycles. The number of hydrogen-bond donors (Lipinski definition) is 5. The van der Waals surface area contributed by atoms with E-state index < -0.39 is 52.0 Å². The number of hydrogen-bond acceptors (Lipinski definition) is 8.